The molecular formula is C47H35NOSi2. The van der Waals surface area contributed by atoms with Crippen molar-refractivity contribution in [2.75, 3.05) is 0 Å². The molecular weight excluding hydrogens is 651 g/mol. The summed E-state index contributed by atoms with van der Waals surface area (Å²) in [6.45, 7) is 0. The lowest BCUT2D eigenvalue weighted by atomic mass is 10.2. The summed E-state index contributed by atoms with van der Waals surface area (Å²) in [7, 11) is -6.07. The number of pyridine rings is 1. The molecule has 7 aromatic carbocycles. The molecule has 9 aromatic rings. The second-order valence-corrected chi connectivity index (χ2v) is 20.5. The Labute approximate surface area is 300 Å². The third kappa shape index (κ3) is 4.95. The van der Waals surface area contributed by atoms with Crippen LogP contribution in [0.3, 0.4) is 0 Å². The summed E-state index contributed by atoms with van der Waals surface area (Å²) in [5.41, 5.74) is 2.62. The normalized spacial score (nSPS) is 11.9. The van der Waals surface area contributed by atoms with Crippen LogP contribution in [-0.4, -0.2) is 21.1 Å². The van der Waals surface area contributed by atoms with E-state index in [9.17, 15) is 0 Å². The van der Waals surface area contributed by atoms with Gasteiger partial charge in [-0.05, 0) is 49.3 Å². The van der Waals surface area contributed by atoms with Gasteiger partial charge in [-0.2, -0.15) is 0 Å². The van der Waals surface area contributed by atoms with Crippen molar-refractivity contribution in [1.82, 2.24) is 4.98 Å². The van der Waals surface area contributed by atoms with Crippen LogP contribution in [0.15, 0.2) is 217 Å². The molecule has 0 fully saturated rings. The molecule has 0 saturated carbocycles. The molecule has 0 amide bonds. The third-order valence-electron chi connectivity index (χ3n) is 10.4. The van der Waals surface area contributed by atoms with Gasteiger partial charge in [0, 0.05) is 15.9 Å². The molecule has 4 heteroatoms. The molecule has 2 heterocycles. The van der Waals surface area contributed by atoms with Crippen LogP contribution in [0.1, 0.15) is 0 Å². The Kier molecular flexibility index (Phi) is 7.88. The maximum Gasteiger partial charge on any atom is 0.201 e. The van der Waals surface area contributed by atoms with Gasteiger partial charge in [-0.15, -0.1) is 0 Å². The highest BCUT2D eigenvalue weighted by atomic mass is 28.3. The van der Waals surface area contributed by atoms with Gasteiger partial charge in [0.2, 0.25) is 8.07 Å². The van der Waals surface area contributed by atoms with Crippen molar-refractivity contribution in [3.8, 4) is 0 Å². The maximum absolute atomic E-state index is 7.03. The van der Waals surface area contributed by atoms with Crippen LogP contribution in [0, 0.1) is 0 Å². The molecule has 51 heavy (non-hydrogen) atoms. The quantitative estimate of drug-likeness (QED) is 0.151. The van der Waals surface area contributed by atoms with E-state index in [1.54, 1.807) is 0 Å². The van der Waals surface area contributed by atoms with Crippen molar-refractivity contribution in [2.24, 2.45) is 0 Å². The lowest BCUT2D eigenvalue weighted by Crippen LogP contribution is -2.78. The number of nitrogens with zero attached hydrogens (tertiary/aromatic N) is 1. The van der Waals surface area contributed by atoms with Gasteiger partial charge in [0.05, 0.1) is 0 Å². The summed E-state index contributed by atoms with van der Waals surface area (Å²) in [5, 5.41) is 11.1. The average Bonchev–Trinajstić information content (AvgIpc) is 3.60. The van der Waals surface area contributed by atoms with E-state index in [2.05, 4.69) is 212 Å². The highest BCUT2D eigenvalue weighted by Gasteiger charge is 2.48. The number of para-hydroxylation sites is 1. The SMILES string of the molecule is c1ccc([Si](c2ccccc2)(c2ccccc2)c2cc([Si](c3ccccc3)(c3ccccc3)c3ccccc3)c3oc4ccccc4c3n2)cc1. The number of aromatic nitrogens is 1. The van der Waals surface area contributed by atoms with Crippen LogP contribution < -0.4 is 41.6 Å². The minimum absolute atomic E-state index is 0.849. The van der Waals surface area contributed by atoms with Gasteiger partial charge in [-0.25, -0.2) is 0 Å². The van der Waals surface area contributed by atoms with E-state index in [1.165, 1.54) is 36.3 Å². The predicted molar refractivity (Wildman–Crippen MR) is 219 cm³/mol. The minimum Gasteiger partial charge on any atom is -0.454 e. The number of benzene rings is 7. The Hall–Kier alpha value is -6.08. The summed E-state index contributed by atoms with van der Waals surface area (Å²) in [4.78, 5) is 5.81. The predicted octanol–water partition coefficient (Wildman–Crippen LogP) is 5.74. The zero-order chi connectivity index (χ0) is 34.1. The van der Waals surface area contributed by atoms with Crippen LogP contribution in [0.4, 0.5) is 0 Å². The molecule has 2 nitrogen and oxygen atoms in total. The summed E-state index contributed by atoms with van der Waals surface area (Å²) >= 11 is 0. The first kappa shape index (κ1) is 30.9. The van der Waals surface area contributed by atoms with Gasteiger partial charge < -0.3 is 4.42 Å². The van der Waals surface area contributed by atoms with E-state index in [0.29, 0.717) is 0 Å². The van der Waals surface area contributed by atoms with Crippen molar-refractivity contribution in [3.63, 3.8) is 0 Å². The van der Waals surface area contributed by atoms with E-state index < -0.39 is 16.1 Å². The van der Waals surface area contributed by atoms with Gasteiger partial charge in [0.15, 0.2) is 13.7 Å². The van der Waals surface area contributed by atoms with Crippen molar-refractivity contribution < 1.29 is 4.42 Å². The molecule has 242 valence electrons. The standard InChI is InChI=1S/C47H35NOSi2/c1-7-21-36(22-8-1)50(37-23-9-2-10-24-37,38-25-11-3-12-26-38)44-35-45(48-46-42-33-19-20-34-43(42)49-47(44)46)51(39-27-13-4-14-28-39,40-29-15-5-16-30-40)41-31-17-6-18-32-41/h1-35H. The van der Waals surface area contributed by atoms with Crippen LogP contribution in [0.2, 0.25) is 0 Å². The van der Waals surface area contributed by atoms with Crippen LogP contribution >= 0.6 is 0 Å². The monoisotopic (exact) mass is 685 g/mol. The number of hydrogen-bond acceptors (Lipinski definition) is 2. The molecule has 0 atom stereocenters. The van der Waals surface area contributed by atoms with Crippen molar-refractivity contribution >= 4 is 79.8 Å². The lowest BCUT2D eigenvalue weighted by Gasteiger charge is -2.37. The minimum atomic E-state index is -3.05. The lowest BCUT2D eigenvalue weighted by molar-refractivity contribution is 0.670. The molecule has 0 radical (unpaired) electrons. The number of furan rings is 1. The Morgan fingerprint density at radius 1 is 0.353 bits per heavy atom. The first-order valence-corrected chi connectivity index (χ1v) is 21.5. The molecule has 0 spiro atoms. The molecule has 0 bridgehead atoms. The topological polar surface area (TPSA) is 26.0 Å². The fourth-order valence-electron chi connectivity index (χ4n) is 8.19. The number of hydrogen-bond donors (Lipinski definition) is 0. The van der Waals surface area contributed by atoms with E-state index >= 15 is 0 Å². The molecule has 9 rings (SSSR count). The van der Waals surface area contributed by atoms with Gasteiger partial charge in [-0.1, -0.05) is 194 Å². The summed E-state index contributed by atoms with van der Waals surface area (Å²) < 4.78 is 7.03. The van der Waals surface area contributed by atoms with Crippen LogP contribution in [0.25, 0.3) is 22.1 Å². The average molecular weight is 686 g/mol. The summed E-state index contributed by atoms with van der Waals surface area (Å²) in [6, 6.07) is 77.4. The summed E-state index contributed by atoms with van der Waals surface area (Å²) in [5.74, 6) is 0. The zero-order valence-electron chi connectivity index (χ0n) is 28.1. The highest BCUT2D eigenvalue weighted by molar-refractivity contribution is 7.22. The second-order valence-electron chi connectivity index (χ2n) is 13.0. The Balaban J connectivity index is 1.54. The largest absolute Gasteiger partial charge is 0.454 e. The molecule has 0 unspecified atom stereocenters. The second kappa shape index (κ2) is 13.0. The molecule has 0 aliphatic heterocycles. The Morgan fingerprint density at radius 3 is 1.08 bits per heavy atom. The van der Waals surface area contributed by atoms with E-state index in [4.69, 9.17) is 9.40 Å². The van der Waals surface area contributed by atoms with Crippen LogP contribution in [-0.2, 0) is 0 Å². The summed E-state index contributed by atoms with van der Waals surface area (Å²) in [6.07, 6.45) is 0. The first-order chi connectivity index (χ1) is 25.3. The van der Waals surface area contributed by atoms with E-state index in [-0.39, 0.29) is 0 Å². The Bertz CT molecular complexity index is 2360. The number of rotatable bonds is 8. The zero-order valence-corrected chi connectivity index (χ0v) is 30.1. The van der Waals surface area contributed by atoms with Crippen molar-refractivity contribution in [1.29, 1.82) is 0 Å². The van der Waals surface area contributed by atoms with Crippen LogP contribution in [0.5, 0.6) is 0 Å². The molecule has 0 aliphatic rings. The van der Waals surface area contributed by atoms with Gasteiger partial charge in [0.1, 0.15) is 11.1 Å². The smallest absolute Gasteiger partial charge is 0.201 e. The molecule has 0 aliphatic carbocycles. The molecule has 0 saturated heterocycles. The van der Waals surface area contributed by atoms with Gasteiger partial charge in [0.25, 0.3) is 0 Å². The van der Waals surface area contributed by atoms with E-state index in [1.807, 2.05) is 0 Å². The number of fused-ring (bicyclic) bond motifs is 3. The fourth-order valence-corrected chi connectivity index (χ4v) is 17.8. The molecule has 0 N–H and O–H groups in total. The first-order valence-electron chi connectivity index (χ1n) is 17.5. The van der Waals surface area contributed by atoms with E-state index in [0.717, 1.165) is 27.4 Å². The fraction of sp³-hybridized carbons (Fsp3) is 0. The van der Waals surface area contributed by atoms with Crippen molar-refractivity contribution in [2.45, 2.75) is 0 Å². The third-order valence-corrected chi connectivity index (χ3v) is 19.8. The molecule has 2 aromatic heterocycles. The maximum atomic E-state index is 7.03. The van der Waals surface area contributed by atoms with Gasteiger partial charge in [-0.3, -0.25) is 4.98 Å². The van der Waals surface area contributed by atoms with Gasteiger partial charge >= 0.3 is 0 Å². The Morgan fingerprint density at radius 2 is 0.686 bits per heavy atom. The highest BCUT2D eigenvalue weighted by Crippen LogP contribution is 2.28. The van der Waals surface area contributed by atoms with Crippen molar-refractivity contribution in [3.05, 3.63) is 212 Å².